The highest BCUT2D eigenvalue weighted by atomic mass is 16.3. The third kappa shape index (κ3) is 3.31. The molecule has 1 aliphatic heterocycles. The molecule has 17 heavy (non-hydrogen) atoms. The SMILES string of the molecule is CN1CCCN(C)C(C(N)Cc2ccoc2)C1. The smallest absolute Gasteiger partial charge is 0.0935 e. The minimum Gasteiger partial charge on any atom is -0.472 e. The summed E-state index contributed by atoms with van der Waals surface area (Å²) in [6.07, 6.45) is 5.62. The van der Waals surface area contributed by atoms with E-state index in [1.54, 1.807) is 12.5 Å². The second kappa shape index (κ2) is 5.67. The van der Waals surface area contributed by atoms with Gasteiger partial charge >= 0.3 is 0 Å². The van der Waals surface area contributed by atoms with E-state index in [1.165, 1.54) is 18.5 Å². The van der Waals surface area contributed by atoms with E-state index in [1.807, 2.05) is 6.07 Å². The van der Waals surface area contributed by atoms with Crippen molar-refractivity contribution in [2.45, 2.75) is 24.9 Å². The lowest BCUT2D eigenvalue weighted by Gasteiger charge is -2.32. The molecule has 1 aliphatic rings. The Labute approximate surface area is 103 Å². The van der Waals surface area contributed by atoms with Gasteiger partial charge in [-0.05, 0) is 51.7 Å². The van der Waals surface area contributed by atoms with Gasteiger partial charge in [-0.2, -0.15) is 0 Å². The van der Waals surface area contributed by atoms with Crippen molar-refractivity contribution >= 4 is 0 Å². The van der Waals surface area contributed by atoms with E-state index in [9.17, 15) is 0 Å². The summed E-state index contributed by atoms with van der Waals surface area (Å²) in [5.41, 5.74) is 7.54. The van der Waals surface area contributed by atoms with Crippen molar-refractivity contribution in [1.82, 2.24) is 9.80 Å². The fraction of sp³-hybridized carbons (Fsp3) is 0.692. The lowest BCUT2D eigenvalue weighted by Crippen LogP contribution is -2.51. The van der Waals surface area contributed by atoms with Crippen molar-refractivity contribution in [3.05, 3.63) is 24.2 Å². The monoisotopic (exact) mass is 237 g/mol. The summed E-state index contributed by atoms with van der Waals surface area (Å²) in [4.78, 5) is 4.78. The first-order valence-electron chi connectivity index (χ1n) is 6.32. The van der Waals surface area contributed by atoms with Crippen LogP contribution in [0, 0.1) is 0 Å². The molecule has 4 nitrogen and oxygen atoms in total. The Balaban J connectivity index is 1.98. The van der Waals surface area contributed by atoms with Crippen LogP contribution in [-0.2, 0) is 6.42 Å². The van der Waals surface area contributed by atoms with Crippen LogP contribution in [0.4, 0.5) is 0 Å². The number of furan rings is 1. The molecule has 1 aromatic rings. The van der Waals surface area contributed by atoms with Crippen LogP contribution in [0.1, 0.15) is 12.0 Å². The third-order valence-electron chi connectivity index (χ3n) is 3.66. The lowest BCUT2D eigenvalue weighted by molar-refractivity contribution is 0.195. The Bertz CT molecular complexity index is 325. The van der Waals surface area contributed by atoms with Gasteiger partial charge < -0.3 is 20.0 Å². The molecule has 0 saturated carbocycles. The van der Waals surface area contributed by atoms with Crippen LogP contribution in [0.25, 0.3) is 0 Å². The summed E-state index contributed by atoms with van der Waals surface area (Å²) in [5, 5.41) is 0. The normalized spacial score (nSPS) is 25.7. The number of nitrogens with zero attached hydrogens (tertiary/aromatic N) is 2. The quantitative estimate of drug-likeness (QED) is 0.844. The van der Waals surface area contributed by atoms with Gasteiger partial charge in [-0.15, -0.1) is 0 Å². The maximum Gasteiger partial charge on any atom is 0.0935 e. The predicted molar refractivity (Wildman–Crippen MR) is 68.9 cm³/mol. The zero-order valence-electron chi connectivity index (χ0n) is 10.8. The second-order valence-corrected chi connectivity index (χ2v) is 5.16. The molecule has 2 N–H and O–H groups in total. The molecule has 1 fully saturated rings. The van der Waals surface area contributed by atoms with E-state index in [2.05, 4.69) is 23.9 Å². The van der Waals surface area contributed by atoms with Crippen molar-refractivity contribution in [1.29, 1.82) is 0 Å². The van der Waals surface area contributed by atoms with Crippen molar-refractivity contribution in [3.63, 3.8) is 0 Å². The Morgan fingerprint density at radius 3 is 3.00 bits per heavy atom. The van der Waals surface area contributed by atoms with Crippen molar-refractivity contribution in [3.8, 4) is 0 Å². The molecule has 1 saturated heterocycles. The summed E-state index contributed by atoms with van der Waals surface area (Å²) < 4.78 is 5.10. The van der Waals surface area contributed by atoms with Crippen LogP contribution in [0.2, 0.25) is 0 Å². The van der Waals surface area contributed by atoms with Gasteiger partial charge in [-0.25, -0.2) is 0 Å². The summed E-state index contributed by atoms with van der Waals surface area (Å²) >= 11 is 0. The lowest BCUT2D eigenvalue weighted by atomic mass is 10.0. The zero-order valence-corrected chi connectivity index (χ0v) is 10.8. The third-order valence-corrected chi connectivity index (χ3v) is 3.66. The van der Waals surface area contributed by atoms with E-state index in [0.717, 1.165) is 19.5 Å². The average molecular weight is 237 g/mol. The highest BCUT2D eigenvalue weighted by molar-refractivity contribution is 5.08. The van der Waals surface area contributed by atoms with Gasteiger partial charge in [0.1, 0.15) is 0 Å². The first-order chi connectivity index (χ1) is 8.16. The predicted octanol–water partition coefficient (Wildman–Crippen LogP) is 0.785. The molecule has 2 atom stereocenters. The maximum atomic E-state index is 6.35. The van der Waals surface area contributed by atoms with Crippen molar-refractivity contribution < 1.29 is 4.42 Å². The van der Waals surface area contributed by atoms with Gasteiger partial charge in [0.25, 0.3) is 0 Å². The molecule has 0 radical (unpaired) electrons. The first kappa shape index (κ1) is 12.6. The van der Waals surface area contributed by atoms with Gasteiger partial charge in [0.2, 0.25) is 0 Å². The first-order valence-corrected chi connectivity index (χ1v) is 6.32. The van der Waals surface area contributed by atoms with E-state index in [0.29, 0.717) is 6.04 Å². The number of hydrogen-bond donors (Lipinski definition) is 1. The largest absolute Gasteiger partial charge is 0.472 e. The molecular formula is C13H23N3O. The molecule has 0 bridgehead atoms. The van der Waals surface area contributed by atoms with E-state index >= 15 is 0 Å². The number of nitrogens with two attached hydrogens (primary N) is 1. The van der Waals surface area contributed by atoms with E-state index < -0.39 is 0 Å². The highest BCUT2D eigenvalue weighted by Gasteiger charge is 2.26. The van der Waals surface area contributed by atoms with Gasteiger partial charge in [0.15, 0.2) is 0 Å². The molecule has 0 amide bonds. The minimum atomic E-state index is 0.165. The summed E-state index contributed by atoms with van der Waals surface area (Å²) in [6.45, 7) is 3.35. The van der Waals surface area contributed by atoms with Crippen molar-refractivity contribution in [2.24, 2.45) is 5.73 Å². The Kier molecular flexibility index (Phi) is 4.20. The number of rotatable bonds is 3. The molecule has 4 heteroatoms. The summed E-state index contributed by atoms with van der Waals surface area (Å²) in [5.74, 6) is 0. The van der Waals surface area contributed by atoms with Gasteiger partial charge in [0, 0.05) is 18.6 Å². The van der Waals surface area contributed by atoms with E-state index in [4.69, 9.17) is 10.2 Å². The van der Waals surface area contributed by atoms with Gasteiger partial charge in [0.05, 0.1) is 12.5 Å². The van der Waals surface area contributed by atoms with Crippen LogP contribution >= 0.6 is 0 Å². The molecule has 2 rings (SSSR count). The minimum absolute atomic E-state index is 0.165. The average Bonchev–Trinajstić information content (AvgIpc) is 2.72. The molecule has 1 aromatic heterocycles. The molecule has 2 heterocycles. The summed E-state index contributed by atoms with van der Waals surface area (Å²) in [6, 6.07) is 2.59. The fourth-order valence-corrected chi connectivity index (χ4v) is 2.59. The van der Waals surface area contributed by atoms with Crippen molar-refractivity contribution in [2.75, 3.05) is 33.7 Å². The highest BCUT2D eigenvalue weighted by Crippen LogP contribution is 2.13. The van der Waals surface area contributed by atoms with Gasteiger partial charge in [-0.3, -0.25) is 0 Å². The molecule has 0 aliphatic carbocycles. The molecule has 0 spiro atoms. The molecular weight excluding hydrogens is 214 g/mol. The number of likely N-dealkylation sites (N-methyl/N-ethyl adjacent to an activating group) is 2. The van der Waals surface area contributed by atoms with Gasteiger partial charge in [-0.1, -0.05) is 0 Å². The van der Waals surface area contributed by atoms with Crippen LogP contribution < -0.4 is 5.73 Å². The molecule has 0 aromatic carbocycles. The molecule has 96 valence electrons. The van der Waals surface area contributed by atoms with E-state index in [-0.39, 0.29) is 6.04 Å². The summed E-state index contributed by atoms with van der Waals surface area (Å²) in [7, 11) is 4.36. The van der Waals surface area contributed by atoms with Crippen LogP contribution in [0.15, 0.2) is 23.0 Å². The maximum absolute atomic E-state index is 6.35. The standard InChI is InChI=1S/C13H23N3O/c1-15-5-3-6-16(2)13(9-15)12(14)8-11-4-7-17-10-11/h4,7,10,12-13H,3,5-6,8-9,14H2,1-2H3. The Morgan fingerprint density at radius 1 is 1.47 bits per heavy atom. The van der Waals surface area contributed by atoms with Crippen LogP contribution in [-0.4, -0.2) is 55.6 Å². The number of hydrogen-bond acceptors (Lipinski definition) is 4. The Hall–Kier alpha value is -0.840. The Morgan fingerprint density at radius 2 is 2.29 bits per heavy atom. The second-order valence-electron chi connectivity index (χ2n) is 5.16. The fourth-order valence-electron chi connectivity index (χ4n) is 2.59. The van der Waals surface area contributed by atoms with Crippen LogP contribution in [0.3, 0.4) is 0 Å². The molecule has 2 unspecified atom stereocenters. The topological polar surface area (TPSA) is 45.6 Å². The zero-order chi connectivity index (χ0) is 12.3. The van der Waals surface area contributed by atoms with Crippen LogP contribution in [0.5, 0.6) is 0 Å².